The maximum atomic E-state index is 6.13. The number of nitrogens with one attached hydrogen (secondary N) is 2. The number of thiocarbonyl (C=S) groups is 1. The van der Waals surface area contributed by atoms with Gasteiger partial charge in [0.25, 0.3) is 0 Å². The molecular weight excluding hydrogens is 377 g/mol. The first-order valence-corrected chi connectivity index (χ1v) is 8.60. The zero-order valence-electron chi connectivity index (χ0n) is 13.3. The molecule has 0 saturated carbocycles. The van der Waals surface area contributed by atoms with Crippen molar-refractivity contribution in [3.05, 3.63) is 76.3 Å². The third kappa shape index (κ3) is 6.38. The lowest BCUT2D eigenvalue weighted by atomic mass is 10.2. The largest absolute Gasteiger partial charge is 0.489 e. The van der Waals surface area contributed by atoms with E-state index in [1.807, 2.05) is 24.3 Å². The minimum atomic E-state index is 0.302. The zero-order valence-corrected chi connectivity index (χ0v) is 15.7. The molecule has 2 rings (SSSR count). The maximum Gasteiger partial charge on any atom is 0.187 e. The van der Waals surface area contributed by atoms with E-state index >= 15 is 0 Å². The summed E-state index contributed by atoms with van der Waals surface area (Å²) in [4.78, 5) is 0. The summed E-state index contributed by atoms with van der Waals surface area (Å²) in [6.07, 6.45) is 3.38. The Morgan fingerprint density at radius 3 is 2.48 bits per heavy atom. The van der Waals surface area contributed by atoms with Crippen molar-refractivity contribution in [2.24, 2.45) is 5.10 Å². The van der Waals surface area contributed by atoms with Crippen LogP contribution < -0.4 is 15.5 Å². The van der Waals surface area contributed by atoms with E-state index in [2.05, 4.69) is 22.4 Å². The van der Waals surface area contributed by atoms with Crippen LogP contribution in [0.25, 0.3) is 0 Å². The van der Waals surface area contributed by atoms with Crippen LogP contribution in [0.5, 0.6) is 5.75 Å². The fourth-order valence-electron chi connectivity index (χ4n) is 1.85. The van der Waals surface area contributed by atoms with Crippen molar-refractivity contribution in [3.63, 3.8) is 0 Å². The van der Waals surface area contributed by atoms with E-state index in [0.717, 1.165) is 11.1 Å². The molecule has 0 bridgehead atoms. The van der Waals surface area contributed by atoms with Crippen molar-refractivity contribution < 1.29 is 4.74 Å². The number of hydrazone groups is 1. The first-order valence-electron chi connectivity index (χ1n) is 7.43. The molecule has 0 radical (unpaired) electrons. The van der Waals surface area contributed by atoms with Crippen molar-refractivity contribution in [1.82, 2.24) is 10.7 Å². The fraction of sp³-hybridized carbons (Fsp3) is 0.111. The van der Waals surface area contributed by atoms with Gasteiger partial charge in [-0.05, 0) is 54.2 Å². The first kappa shape index (κ1) is 19.2. The van der Waals surface area contributed by atoms with Crippen LogP contribution in [-0.2, 0) is 6.61 Å². The van der Waals surface area contributed by atoms with Gasteiger partial charge in [-0.2, -0.15) is 5.10 Å². The number of hydrogen-bond donors (Lipinski definition) is 2. The van der Waals surface area contributed by atoms with Crippen LogP contribution in [0, 0.1) is 0 Å². The van der Waals surface area contributed by atoms with Crippen LogP contribution in [0.3, 0.4) is 0 Å². The molecule has 0 heterocycles. The molecule has 0 spiro atoms. The molecular formula is C18H17Cl2N3OS. The minimum absolute atomic E-state index is 0.302. The highest BCUT2D eigenvalue weighted by Gasteiger charge is 2.06. The van der Waals surface area contributed by atoms with Crippen LogP contribution in [0.1, 0.15) is 11.1 Å². The predicted octanol–water partition coefficient (Wildman–Crippen LogP) is 4.56. The summed E-state index contributed by atoms with van der Waals surface area (Å²) in [5.74, 6) is 0.712. The Balaban J connectivity index is 1.87. The highest BCUT2D eigenvalue weighted by atomic mass is 35.5. The van der Waals surface area contributed by atoms with E-state index in [4.69, 9.17) is 40.2 Å². The van der Waals surface area contributed by atoms with Crippen molar-refractivity contribution >= 4 is 46.7 Å². The van der Waals surface area contributed by atoms with Crippen LogP contribution in [0.2, 0.25) is 10.0 Å². The summed E-state index contributed by atoms with van der Waals surface area (Å²) in [6, 6.07) is 12.8. The Bertz CT molecular complexity index is 743. The topological polar surface area (TPSA) is 45.7 Å². The van der Waals surface area contributed by atoms with Crippen LogP contribution in [0.4, 0.5) is 0 Å². The van der Waals surface area contributed by atoms with Gasteiger partial charge >= 0.3 is 0 Å². The minimum Gasteiger partial charge on any atom is -0.489 e. The number of rotatable bonds is 7. The van der Waals surface area contributed by atoms with Crippen LogP contribution in [0.15, 0.2) is 60.2 Å². The summed E-state index contributed by atoms with van der Waals surface area (Å²) < 4.78 is 5.73. The van der Waals surface area contributed by atoms with Gasteiger partial charge in [-0.1, -0.05) is 35.3 Å². The number of benzene rings is 2. The lowest BCUT2D eigenvalue weighted by Crippen LogP contribution is -2.31. The van der Waals surface area contributed by atoms with Crippen LogP contribution in [-0.4, -0.2) is 17.9 Å². The van der Waals surface area contributed by atoms with E-state index in [-0.39, 0.29) is 0 Å². The molecule has 2 aromatic carbocycles. The van der Waals surface area contributed by atoms with E-state index in [9.17, 15) is 0 Å². The molecule has 0 aliphatic heterocycles. The second-order valence-corrected chi connectivity index (χ2v) is 6.15. The van der Waals surface area contributed by atoms with E-state index in [1.54, 1.807) is 30.5 Å². The number of nitrogens with zero attached hydrogens (tertiary/aromatic N) is 1. The molecule has 4 nitrogen and oxygen atoms in total. The van der Waals surface area contributed by atoms with Gasteiger partial charge in [0.1, 0.15) is 12.4 Å². The van der Waals surface area contributed by atoms with Gasteiger partial charge < -0.3 is 10.1 Å². The SMILES string of the molecule is C=CCNC(=S)N/N=C/c1ccc(OCc2c(Cl)cccc2Cl)cc1. The van der Waals surface area contributed by atoms with Gasteiger partial charge in [-0.15, -0.1) is 6.58 Å². The standard InChI is InChI=1S/C18H17Cl2N3OS/c1-2-10-21-18(25)23-22-11-13-6-8-14(9-7-13)24-12-15-16(19)4-3-5-17(15)20/h2-9,11H,1,10,12H2,(H2,21,23,25)/b22-11+. The van der Waals surface area contributed by atoms with Gasteiger partial charge in [0.15, 0.2) is 5.11 Å². The normalized spacial score (nSPS) is 10.5. The van der Waals surface area contributed by atoms with E-state index in [0.29, 0.717) is 34.1 Å². The third-order valence-corrected chi connectivity index (χ3v) is 4.06. The molecule has 0 aliphatic carbocycles. The number of ether oxygens (including phenoxy) is 1. The molecule has 25 heavy (non-hydrogen) atoms. The maximum absolute atomic E-state index is 6.13. The summed E-state index contributed by atoms with van der Waals surface area (Å²) in [7, 11) is 0. The molecule has 2 N–H and O–H groups in total. The quantitative estimate of drug-likeness (QED) is 0.313. The average Bonchev–Trinajstić information content (AvgIpc) is 2.61. The van der Waals surface area contributed by atoms with Gasteiger partial charge in [0.2, 0.25) is 0 Å². The molecule has 0 aromatic heterocycles. The predicted molar refractivity (Wildman–Crippen MR) is 109 cm³/mol. The molecule has 7 heteroatoms. The molecule has 130 valence electrons. The molecule has 2 aromatic rings. The lowest BCUT2D eigenvalue weighted by Gasteiger charge is -2.09. The molecule has 0 atom stereocenters. The summed E-state index contributed by atoms with van der Waals surface area (Å²) in [5.41, 5.74) is 4.39. The first-order chi connectivity index (χ1) is 12.1. The van der Waals surface area contributed by atoms with Crippen molar-refractivity contribution in [1.29, 1.82) is 0 Å². The summed E-state index contributed by atoms with van der Waals surface area (Å²) >= 11 is 17.3. The van der Waals surface area contributed by atoms with Crippen LogP contribution >= 0.6 is 35.4 Å². The fourth-order valence-corrected chi connectivity index (χ4v) is 2.49. The Hall–Kier alpha value is -2.08. The summed E-state index contributed by atoms with van der Waals surface area (Å²) in [6.45, 7) is 4.49. The summed E-state index contributed by atoms with van der Waals surface area (Å²) in [5, 5.41) is 8.58. The zero-order chi connectivity index (χ0) is 18.1. The van der Waals surface area contributed by atoms with Gasteiger partial charge in [0, 0.05) is 22.2 Å². The highest BCUT2D eigenvalue weighted by Crippen LogP contribution is 2.25. The van der Waals surface area contributed by atoms with Gasteiger partial charge in [-0.25, -0.2) is 0 Å². The molecule has 0 fully saturated rings. The number of hydrogen-bond acceptors (Lipinski definition) is 3. The second kappa shape index (κ2) is 10.0. The Morgan fingerprint density at radius 1 is 1.16 bits per heavy atom. The average molecular weight is 394 g/mol. The molecule has 0 unspecified atom stereocenters. The van der Waals surface area contributed by atoms with Crippen molar-refractivity contribution in [2.45, 2.75) is 6.61 Å². The molecule has 0 amide bonds. The molecule has 0 aliphatic rings. The Kier molecular flexibility index (Phi) is 7.73. The lowest BCUT2D eigenvalue weighted by molar-refractivity contribution is 0.306. The van der Waals surface area contributed by atoms with Gasteiger partial charge in [-0.3, -0.25) is 5.43 Å². The second-order valence-electron chi connectivity index (χ2n) is 4.93. The monoisotopic (exact) mass is 393 g/mol. The van der Waals surface area contributed by atoms with E-state index in [1.165, 1.54) is 0 Å². The van der Waals surface area contributed by atoms with Crippen molar-refractivity contribution in [3.8, 4) is 5.75 Å². The molecule has 0 saturated heterocycles. The van der Waals surface area contributed by atoms with Crippen molar-refractivity contribution in [2.75, 3.05) is 6.54 Å². The Morgan fingerprint density at radius 2 is 1.84 bits per heavy atom. The Labute approximate surface area is 162 Å². The highest BCUT2D eigenvalue weighted by molar-refractivity contribution is 7.80. The smallest absolute Gasteiger partial charge is 0.187 e. The number of halogens is 2. The van der Waals surface area contributed by atoms with E-state index < -0.39 is 0 Å². The third-order valence-electron chi connectivity index (χ3n) is 3.11. The van der Waals surface area contributed by atoms with Gasteiger partial charge in [0.05, 0.1) is 6.21 Å².